The maximum absolute atomic E-state index is 14.0. The molecule has 1 N–H and O–H groups in total. The van der Waals surface area contributed by atoms with Crippen LogP contribution in [0.5, 0.6) is 0 Å². The van der Waals surface area contributed by atoms with Crippen LogP contribution < -0.4 is 4.90 Å². The van der Waals surface area contributed by atoms with Crippen LogP contribution in [0, 0.1) is 5.41 Å². The van der Waals surface area contributed by atoms with Crippen LogP contribution in [0.3, 0.4) is 0 Å². The van der Waals surface area contributed by atoms with E-state index in [2.05, 4.69) is 32.7 Å². The van der Waals surface area contributed by atoms with Crippen molar-refractivity contribution in [3.8, 4) is 0 Å². The Hall–Kier alpha value is -2.01. The zero-order valence-electron chi connectivity index (χ0n) is 16.8. The van der Waals surface area contributed by atoms with E-state index in [9.17, 15) is 4.79 Å². The second kappa shape index (κ2) is 5.28. The molecule has 27 heavy (non-hydrogen) atoms. The second-order valence-electron chi connectivity index (χ2n) is 9.52. The Bertz CT molecular complexity index is 946. The number of nitrogens with one attached hydrogen (secondary N) is 1. The van der Waals surface area contributed by atoms with Gasteiger partial charge in [0.05, 0.1) is 61.1 Å². The SMILES string of the molecule is C[NH+]1CCN(C(=O)[C@@]23CC[C@@](C)(c4nc5ccccc5nc42)C3(C)C)CC1. The molecule has 1 saturated heterocycles. The van der Waals surface area contributed by atoms with Gasteiger partial charge in [-0.2, -0.15) is 0 Å². The van der Waals surface area contributed by atoms with Gasteiger partial charge in [0, 0.05) is 5.41 Å². The number of likely N-dealkylation sites (N-methyl/N-ethyl adjacent to an activating group) is 1. The lowest BCUT2D eigenvalue weighted by Crippen LogP contribution is -3.12. The summed E-state index contributed by atoms with van der Waals surface area (Å²) in [5, 5.41) is 0. The Morgan fingerprint density at radius 3 is 2.22 bits per heavy atom. The zero-order chi connectivity index (χ0) is 19.0. The number of aromatic nitrogens is 2. The fourth-order valence-corrected chi connectivity index (χ4v) is 5.88. The first-order chi connectivity index (χ1) is 12.8. The summed E-state index contributed by atoms with van der Waals surface area (Å²) in [6, 6.07) is 8.06. The van der Waals surface area contributed by atoms with Crippen LogP contribution in [-0.2, 0) is 15.6 Å². The molecule has 1 aromatic heterocycles. The predicted octanol–water partition coefficient (Wildman–Crippen LogP) is 1.32. The number of para-hydroxylation sites is 2. The first-order valence-electron chi connectivity index (χ1n) is 10.2. The summed E-state index contributed by atoms with van der Waals surface area (Å²) in [5.74, 6) is 0.284. The third-order valence-corrected chi connectivity index (χ3v) is 8.21. The molecule has 0 radical (unpaired) electrons. The number of benzene rings is 1. The van der Waals surface area contributed by atoms with Crippen LogP contribution >= 0.6 is 0 Å². The van der Waals surface area contributed by atoms with E-state index >= 15 is 0 Å². The smallest absolute Gasteiger partial charge is 0.235 e. The molecule has 5 rings (SSSR count). The molecule has 2 atom stereocenters. The van der Waals surface area contributed by atoms with E-state index in [1.807, 2.05) is 24.3 Å². The van der Waals surface area contributed by atoms with E-state index in [1.165, 1.54) is 4.90 Å². The Balaban J connectivity index is 1.70. The Morgan fingerprint density at radius 1 is 1.00 bits per heavy atom. The van der Waals surface area contributed by atoms with Gasteiger partial charge in [-0.05, 0) is 30.4 Å². The summed E-state index contributed by atoms with van der Waals surface area (Å²) < 4.78 is 0. The number of quaternary nitrogens is 1. The largest absolute Gasteiger partial charge is 0.334 e. The molecule has 0 unspecified atom stereocenters. The number of carbonyl (C=O) groups excluding carboxylic acids is 1. The predicted molar refractivity (Wildman–Crippen MR) is 105 cm³/mol. The van der Waals surface area contributed by atoms with E-state index in [1.54, 1.807) is 0 Å². The van der Waals surface area contributed by atoms with Gasteiger partial charge >= 0.3 is 0 Å². The van der Waals surface area contributed by atoms with Crippen molar-refractivity contribution in [2.75, 3.05) is 33.2 Å². The lowest BCUT2D eigenvalue weighted by molar-refractivity contribution is -0.883. The third-order valence-electron chi connectivity index (χ3n) is 8.21. The summed E-state index contributed by atoms with van der Waals surface area (Å²) in [6.45, 7) is 10.6. The maximum atomic E-state index is 14.0. The number of amides is 1. The van der Waals surface area contributed by atoms with E-state index in [-0.39, 0.29) is 16.7 Å². The van der Waals surface area contributed by atoms with Gasteiger partial charge in [-0.3, -0.25) is 4.79 Å². The molecule has 2 aromatic rings. The van der Waals surface area contributed by atoms with Gasteiger partial charge in [-0.15, -0.1) is 0 Å². The highest BCUT2D eigenvalue weighted by atomic mass is 16.2. The molecule has 1 saturated carbocycles. The molecule has 2 fully saturated rings. The van der Waals surface area contributed by atoms with Crippen molar-refractivity contribution in [3.05, 3.63) is 35.7 Å². The number of fused-ring (bicyclic) bond motifs is 6. The van der Waals surface area contributed by atoms with Crippen LogP contribution in [0.25, 0.3) is 11.0 Å². The highest BCUT2D eigenvalue weighted by molar-refractivity contribution is 5.93. The molecule has 2 heterocycles. The van der Waals surface area contributed by atoms with Gasteiger partial charge in [0.25, 0.3) is 0 Å². The minimum atomic E-state index is -0.542. The molecule has 3 aliphatic rings. The number of nitrogens with zero attached hydrogens (tertiary/aromatic N) is 3. The van der Waals surface area contributed by atoms with Gasteiger partial charge in [0.15, 0.2) is 0 Å². The van der Waals surface area contributed by atoms with Crippen molar-refractivity contribution < 1.29 is 9.69 Å². The number of piperazine rings is 1. The summed E-state index contributed by atoms with van der Waals surface area (Å²) in [5.41, 5.74) is 3.02. The van der Waals surface area contributed by atoms with Crippen molar-refractivity contribution in [1.82, 2.24) is 14.9 Å². The quantitative estimate of drug-likeness (QED) is 0.829. The average molecular weight is 366 g/mol. The average Bonchev–Trinajstić information content (AvgIpc) is 2.96. The number of hydrogen-bond donors (Lipinski definition) is 1. The van der Waals surface area contributed by atoms with E-state index in [0.29, 0.717) is 0 Å². The second-order valence-corrected chi connectivity index (χ2v) is 9.52. The first-order valence-corrected chi connectivity index (χ1v) is 10.2. The standard InChI is InChI=1S/C22H28N4O/c1-20(2)21(3)9-10-22(20,19(27)26-13-11-25(4)12-14-26)18-17(21)23-15-7-5-6-8-16(15)24-18/h5-8H,9-14H2,1-4H3/p+1/t21-,22+/m0/s1. The topological polar surface area (TPSA) is 50.5 Å². The molecule has 5 heteroatoms. The molecular formula is C22H29N4O+. The molecule has 1 amide bonds. The highest BCUT2D eigenvalue weighted by Crippen LogP contribution is 2.70. The van der Waals surface area contributed by atoms with Crippen LogP contribution in [0.1, 0.15) is 45.0 Å². The minimum Gasteiger partial charge on any atom is -0.334 e. The number of carbonyl (C=O) groups is 1. The molecule has 142 valence electrons. The summed E-state index contributed by atoms with van der Waals surface area (Å²) in [4.78, 5) is 27.7. The Labute approximate surface area is 160 Å². The lowest BCUT2D eigenvalue weighted by Gasteiger charge is -2.43. The molecule has 5 nitrogen and oxygen atoms in total. The van der Waals surface area contributed by atoms with Gasteiger partial charge in [-0.1, -0.05) is 32.9 Å². The van der Waals surface area contributed by atoms with Crippen LogP contribution in [0.2, 0.25) is 0 Å². The fourth-order valence-electron chi connectivity index (χ4n) is 5.88. The fraction of sp³-hybridized carbons (Fsp3) is 0.591. The van der Waals surface area contributed by atoms with Gasteiger partial charge in [-0.25, -0.2) is 9.97 Å². The molecule has 1 aliphatic heterocycles. The normalized spacial score (nSPS) is 32.1. The van der Waals surface area contributed by atoms with E-state index in [0.717, 1.165) is 61.4 Å². The summed E-state index contributed by atoms with van der Waals surface area (Å²) in [6.07, 6.45) is 1.89. The summed E-state index contributed by atoms with van der Waals surface area (Å²) >= 11 is 0. The number of rotatable bonds is 1. The Kier molecular flexibility index (Phi) is 3.35. The van der Waals surface area contributed by atoms with E-state index in [4.69, 9.17) is 9.97 Å². The Morgan fingerprint density at radius 2 is 1.59 bits per heavy atom. The first kappa shape index (κ1) is 17.1. The lowest BCUT2D eigenvalue weighted by atomic mass is 9.63. The maximum Gasteiger partial charge on any atom is 0.235 e. The molecule has 0 spiro atoms. The van der Waals surface area contributed by atoms with Crippen molar-refractivity contribution >= 4 is 16.9 Å². The van der Waals surface area contributed by atoms with Crippen molar-refractivity contribution in [2.24, 2.45) is 5.41 Å². The third kappa shape index (κ3) is 1.91. The highest BCUT2D eigenvalue weighted by Gasteiger charge is 2.73. The van der Waals surface area contributed by atoms with Crippen LogP contribution in [0.4, 0.5) is 0 Å². The zero-order valence-corrected chi connectivity index (χ0v) is 16.8. The van der Waals surface area contributed by atoms with Gasteiger partial charge in [0.1, 0.15) is 0 Å². The molecular weight excluding hydrogens is 336 g/mol. The summed E-state index contributed by atoms with van der Waals surface area (Å²) in [7, 11) is 2.21. The monoisotopic (exact) mass is 365 g/mol. The van der Waals surface area contributed by atoms with Gasteiger partial charge in [0.2, 0.25) is 5.91 Å². The van der Waals surface area contributed by atoms with Crippen LogP contribution in [0.15, 0.2) is 24.3 Å². The van der Waals surface area contributed by atoms with Crippen molar-refractivity contribution in [3.63, 3.8) is 0 Å². The van der Waals surface area contributed by atoms with Crippen LogP contribution in [-0.4, -0.2) is 54.0 Å². The van der Waals surface area contributed by atoms with E-state index < -0.39 is 5.41 Å². The molecule has 2 aliphatic carbocycles. The van der Waals surface area contributed by atoms with Gasteiger partial charge < -0.3 is 9.80 Å². The van der Waals surface area contributed by atoms with Crippen molar-refractivity contribution in [2.45, 2.75) is 44.4 Å². The molecule has 1 aromatic carbocycles. The number of hydrogen-bond acceptors (Lipinski definition) is 3. The minimum absolute atomic E-state index is 0.104. The van der Waals surface area contributed by atoms with Crippen molar-refractivity contribution in [1.29, 1.82) is 0 Å². The molecule has 2 bridgehead atoms.